The second kappa shape index (κ2) is 16.2. The maximum Gasteiger partial charge on any atom is 0.222 e. The van der Waals surface area contributed by atoms with Gasteiger partial charge < -0.3 is 25.4 Å². The zero-order chi connectivity index (χ0) is 24.9. The molecule has 0 spiro atoms. The van der Waals surface area contributed by atoms with Crippen LogP contribution in [-0.2, 0) is 22.6 Å². The third kappa shape index (κ3) is 10.2. The number of carbonyl (C=O) groups excluding carboxylic acids is 2. The van der Waals surface area contributed by atoms with E-state index in [1.165, 1.54) is 6.42 Å². The van der Waals surface area contributed by atoms with Crippen molar-refractivity contribution in [2.24, 2.45) is 0 Å². The lowest BCUT2D eigenvalue weighted by molar-refractivity contribution is -0.132. The monoisotopic (exact) mass is 517 g/mol. The van der Waals surface area contributed by atoms with Gasteiger partial charge in [0.15, 0.2) is 0 Å². The van der Waals surface area contributed by atoms with E-state index in [2.05, 4.69) is 10.6 Å². The maximum absolute atomic E-state index is 12.7. The number of methoxy groups -OCH3 is 1. The van der Waals surface area contributed by atoms with Crippen molar-refractivity contribution in [1.29, 1.82) is 0 Å². The number of nitrogens with one attached hydrogen (secondary N) is 2. The van der Waals surface area contributed by atoms with Gasteiger partial charge in [0, 0.05) is 39.0 Å². The lowest BCUT2D eigenvalue weighted by Crippen LogP contribution is -2.48. The van der Waals surface area contributed by atoms with Crippen LogP contribution in [-0.4, -0.2) is 60.7 Å². The van der Waals surface area contributed by atoms with E-state index in [4.69, 9.17) is 4.74 Å². The molecule has 36 heavy (non-hydrogen) atoms. The highest BCUT2D eigenvalue weighted by molar-refractivity contribution is 5.85. The Morgan fingerprint density at radius 1 is 1.00 bits per heavy atom. The third-order valence-corrected chi connectivity index (χ3v) is 6.43. The molecule has 1 fully saturated rings. The van der Waals surface area contributed by atoms with E-state index in [0.29, 0.717) is 32.4 Å². The van der Waals surface area contributed by atoms with Gasteiger partial charge in [0.2, 0.25) is 11.8 Å². The summed E-state index contributed by atoms with van der Waals surface area (Å²) in [4.78, 5) is 27.0. The largest absolute Gasteiger partial charge is 0.497 e. The van der Waals surface area contributed by atoms with Crippen molar-refractivity contribution in [1.82, 2.24) is 15.5 Å². The van der Waals surface area contributed by atoms with Crippen LogP contribution in [0, 0.1) is 0 Å². The fourth-order valence-corrected chi connectivity index (χ4v) is 4.42. The number of benzene rings is 2. The van der Waals surface area contributed by atoms with Gasteiger partial charge in [-0.1, -0.05) is 42.5 Å². The Labute approximate surface area is 221 Å². The molecule has 3 rings (SSSR count). The molecule has 1 saturated heterocycles. The normalized spacial score (nSPS) is 14.9. The summed E-state index contributed by atoms with van der Waals surface area (Å²) in [6, 6.07) is 17.2. The summed E-state index contributed by atoms with van der Waals surface area (Å²) in [7, 11) is 1.64. The van der Waals surface area contributed by atoms with Gasteiger partial charge in [-0.25, -0.2) is 0 Å². The average Bonchev–Trinajstić information content (AvgIpc) is 2.89. The average molecular weight is 518 g/mol. The second-order valence-electron chi connectivity index (χ2n) is 9.21. The van der Waals surface area contributed by atoms with Crippen molar-refractivity contribution in [2.45, 2.75) is 63.6 Å². The predicted octanol–water partition coefficient (Wildman–Crippen LogP) is 3.48. The van der Waals surface area contributed by atoms with E-state index in [9.17, 15) is 14.7 Å². The van der Waals surface area contributed by atoms with E-state index in [0.717, 1.165) is 42.8 Å². The lowest BCUT2D eigenvalue weighted by atomic mass is 10.0. The number of hydrogen-bond donors (Lipinski definition) is 3. The van der Waals surface area contributed by atoms with Gasteiger partial charge in [0.05, 0.1) is 19.3 Å². The van der Waals surface area contributed by atoms with Gasteiger partial charge in [0.1, 0.15) is 5.75 Å². The molecule has 198 valence electrons. The SMILES string of the molecule is COc1cccc(CNC[C@@H](O)[C@H](Cc2ccccc2)NC(=O)CCCC(=O)N2CCCCC2)c1.Cl. The second-order valence-corrected chi connectivity index (χ2v) is 9.21. The molecule has 0 radical (unpaired) electrons. The van der Waals surface area contributed by atoms with Gasteiger partial charge >= 0.3 is 0 Å². The standard InChI is InChI=1S/C28H39N3O4.ClH/c1-35-24-13-8-12-23(18-24)20-29-21-26(32)25(19-22-10-4-2-5-11-22)30-27(33)14-9-15-28(34)31-16-6-3-7-17-31;/h2,4-5,8,10-13,18,25-26,29,32H,3,6-7,9,14-17,19-21H2,1H3,(H,30,33);1H/t25-,26+;/m0./s1. The fourth-order valence-electron chi connectivity index (χ4n) is 4.42. The van der Waals surface area contributed by atoms with Gasteiger partial charge in [-0.3, -0.25) is 9.59 Å². The molecule has 2 amide bonds. The number of likely N-dealkylation sites (tertiary alicyclic amines) is 1. The van der Waals surface area contributed by atoms with Gasteiger partial charge in [-0.2, -0.15) is 0 Å². The van der Waals surface area contributed by atoms with Gasteiger partial charge in [0.25, 0.3) is 0 Å². The summed E-state index contributed by atoms with van der Waals surface area (Å²) < 4.78 is 5.26. The lowest BCUT2D eigenvalue weighted by Gasteiger charge is -2.27. The summed E-state index contributed by atoms with van der Waals surface area (Å²) >= 11 is 0. The Bertz CT molecular complexity index is 922. The van der Waals surface area contributed by atoms with E-state index in [-0.39, 0.29) is 30.6 Å². The summed E-state index contributed by atoms with van der Waals surface area (Å²) in [5.41, 5.74) is 2.10. The number of halogens is 1. The van der Waals surface area contributed by atoms with Crippen LogP contribution in [0.25, 0.3) is 0 Å². The number of carbonyl (C=O) groups is 2. The van der Waals surface area contributed by atoms with Crippen LogP contribution in [0.3, 0.4) is 0 Å². The molecule has 2 atom stereocenters. The highest BCUT2D eigenvalue weighted by atomic mass is 35.5. The maximum atomic E-state index is 12.7. The molecular formula is C28H40ClN3O4. The fraction of sp³-hybridized carbons (Fsp3) is 0.500. The van der Waals surface area contributed by atoms with E-state index >= 15 is 0 Å². The molecule has 0 aromatic heterocycles. The van der Waals surface area contributed by atoms with Crippen LogP contribution in [0.2, 0.25) is 0 Å². The molecular weight excluding hydrogens is 478 g/mol. The number of hydrogen-bond acceptors (Lipinski definition) is 5. The van der Waals surface area contributed by atoms with Crippen LogP contribution in [0.15, 0.2) is 54.6 Å². The van der Waals surface area contributed by atoms with Crippen molar-refractivity contribution in [3.05, 3.63) is 65.7 Å². The minimum atomic E-state index is -0.764. The summed E-state index contributed by atoms with van der Waals surface area (Å²) in [6.07, 6.45) is 4.26. The van der Waals surface area contributed by atoms with Crippen molar-refractivity contribution < 1.29 is 19.4 Å². The van der Waals surface area contributed by atoms with Crippen LogP contribution in [0.4, 0.5) is 0 Å². The number of amides is 2. The first-order valence-corrected chi connectivity index (χ1v) is 12.7. The minimum absolute atomic E-state index is 0. The first kappa shape index (κ1) is 29.6. The quantitative estimate of drug-likeness (QED) is 0.378. The van der Waals surface area contributed by atoms with Crippen molar-refractivity contribution in [3.8, 4) is 5.75 Å². The third-order valence-electron chi connectivity index (χ3n) is 6.43. The molecule has 1 aliphatic rings. The number of ether oxygens (including phenoxy) is 1. The molecule has 0 saturated carbocycles. The van der Waals surface area contributed by atoms with E-state index in [1.807, 2.05) is 59.5 Å². The number of aliphatic hydroxyl groups is 1. The Hall–Kier alpha value is -2.61. The molecule has 3 N–H and O–H groups in total. The number of piperidine rings is 1. The molecule has 0 aliphatic carbocycles. The molecule has 8 heteroatoms. The van der Waals surface area contributed by atoms with Crippen LogP contribution in [0.5, 0.6) is 5.75 Å². The number of rotatable bonds is 13. The molecule has 7 nitrogen and oxygen atoms in total. The summed E-state index contributed by atoms with van der Waals surface area (Å²) in [6.45, 7) is 2.58. The van der Waals surface area contributed by atoms with E-state index < -0.39 is 12.1 Å². The van der Waals surface area contributed by atoms with Crippen molar-refractivity contribution in [2.75, 3.05) is 26.7 Å². The highest BCUT2D eigenvalue weighted by Gasteiger charge is 2.22. The molecule has 1 heterocycles. The highest BCUT2D eigenvalue weighted by Crippen LogP contribution is 2.13. The van der Waals surface area contributed by atoms with Gasteiger partial charge in [-0.05, 0) is 55.4 Å². The van der Waals surface area contributed by atoms with Crippen LogP contribution < -0.4 is 15.4 Å². The first-order valence-electron chi connectivity index (χ1n) is 12.7. The number of nitrogens with zero attached hydrogens (tertiary/aromatic N) is 1. The minimum Gasteiger partial charge on any atom is -0.497 e. The first-order chi connectivity index (χ1) is 17.0. The van der Waals surface area contributed by atoms with Crippen molar-refractivity contribution >= 4 is 24.2 Å². The zero-order valence-electron chi connectivity index (χ0n) is 21.2. The Balaban J connectivity index is 0.00000456. The van der Waals surface area contributed by atoms with Crippen LogP contribution >= 0.6 is 12.4 Å². The Kier molecular flexibility index (Phi) is 13.3. The van der Waals surface area contributed by atoms with Gasteiger partial charge in [-0.15, -0.1) is 12.4 Å². The zero-order valence-corrected chi connectivity index (χ0v) is 22.0. The van der Waals surface area contributed by atoms with Crippen LogP contribution in [0.1, 0.15) is 49.7 Å². The number of aliphatic hydroxyl groups excluding tert-OH is 1. The van der Waals surface area contributed by atoms with Crippen molar-refractivity contribution in [3.63, 3.8) is 0 Å². The van der Waals surface area contributed by atoms with E-state index in [1.54, 1.807) is 7.11 Å². The molecule has 0 bridgehead atoms. The topological polar surface area (TPSA) is 90.9 Å². The molecule has 2 aromatic carbocycles. The molecule has 0 unspecified atom stereocenters. The molecule has 1 aliphatic heterocycles. The predicted molar refractivity (Wildman–Crippen MR) is 144 cm³/mol. The Morgan fingerprint density at radius 2 is 1.72 bits per heavy atom. The summed E-state index contributed by atoms with van der Waals surface area (Å²) in [5.74, 6) is 0.794. The smallest absolute Gasteiger partial charge is 0.222 e. The summed E-state index contributed by atoms with van der Waals surface area (Å²) in [5, 5.41) is 17.2. The molecule has 2 aromatic rings. The Morgan fingerprint density at radius 3 is 2.44 bits per heavy atom.